The maximum Gasteiger partial charge on any atom is 0.156 e. The Morgan fingerprint density at radius 3 is 1.63 bits per heavy atom. The lowest BCUT2D eigenvalue weighted by Crippen LogP contribution is -2.32. The Hall–Kier alpha value is -6.84. The van der Waals surface area contributed by atoms with Gasteiger partial charge in [-0.15, -0.1) is 0 Å². The second-order valence-electron chi connectivity index (χ2n) is 13.7. The molecule has 0 amide bonds. The van der Waals surface area contributed by atoms with Crippen LogP contribution in [-0.4, -0.2) is 4.57 Å². The summed E-state index contributed by atoms with van der Waals surface area (Å²) in [7, 11) is 0. The molecule has 8 aromatic carbocycles. The molecule has 0 bridgehead atoms. The zero-order chi connectivity index (χ0) is 34.2. The van der Waals surface area contributed by atoms with E-state index in [-0.39, 0.29) is 0 Å². The first-order valence-corrected chi connectivity index (χ1v) is 17.9. The van der Waals surface area contributed by atoms with Gasteiger partial charge >= 0.3 is 0 Å². The molecule has 0 fully saturated rings. The molecule has 9 aromatic rings. The number of aromatic nitrogens is 1. The maximum atomic E-state index is 7.18. The number of ether oxygens (including phenoxy) is 1. The van der Waals surface area contributed by atoms with E-state index >= 15 is 0 Å². The maximum absolute atomic E-state index is 7.18. The van der Waals surface area contributed by atoms with Gasteiger partial charge in [0.1, 0.15) is 5.75 Å². The van der Waals surface area contributed by atoms with E-state index in [1.54, 1.807) is 0 Å². The number of hydrogen-bond acceptors (Lipinski definition) is 2. The lowest BCUT2D eigenvalue weighted by atomic mass is 9.66. The van der Waals surface area contributed by atoms with Crippen LogP contribution < -0.4 is 9.64 Å². The smallest absolute Gasteiger partial charge is 0.156 e. The Morgan fingerprint density at radius 2 is 0.981 bits per heavy atom. The number of rotatable bonds is 4. The first kappa shape index (κ1) is 28.9. The first-order chi connectivity index (χ1) is 25.8. The van der Waals surface area contributed by atoms with E-state index in [2.05, 4.69) is 204 Å². The number of anilines is 3. The summed E-state index contributed by atoms with van der Waals surface area (Å²) in [5, 5.41) is 2.31. The van der Waals surface area contributed by atoms with Gasteiger partial charge in [-0.05, 0) is 82.9 Å². The summed E-state index contributed by atoms with van der Waals surface area (Å²) in [6, 6.07) is 69.9. The molecule has 0 N–H and O–H groups in total. The third-order valence-corrected chi connectivity index (χ3v) is 11.0. The van der Waals surface area contributed by atoms with E-state index in [9.17, 15) is 0 Å². The zero-order valence-corrected chi connectivity index (χ0v) is 28.3. The van der Waals surface area contributed by atoms with Gasteiger partial charge in [0, 0.05) is 44.6 Å². The summed E-state index contributed by atoms with van der Waals surface area (Å²) in [4.78, 5) is 2.33. The van der Waals surface area contributed by atoms with Gasteiger partial charge in [0.25, 0.3) is 0 Å². The minimum atomic E-state index is -0.536. The molecule has 52 heavy (non-hydrogen) atoms. The van der Waals surface area contributed by atoms with Crippen molar-refractivity contribution in [2.75, 3.05) is 4.90 Å². The lowest BCUT2D eigenvalue weighted by Gasteiger charge is -2.39. The van der Waals surface area contributed by atoms with Gasteiger partial charge in [0.2, 0.25) is 0 Å². The summed E-state index contributed by atoms with van der Waals surface area (Å²) >= 11 is 0. The number of benzene rings is 8. The van der Waals surface area contributed by atoms with Crippen molar-refractivity contribution in [1.82, 2.24) is 4.57 Å². The fourth-order valence-corrected chi connectivity index (χ4v) is 8.99. The molecule has 0 atom stereocenters. The average Bonchev–Trinajstić information content (AvgIpc) is 3.70. The second-order valence-corrected chi connectivity index (χ2v) is 13.7. The Balaban J connectivity index is 1.25. The summed E-state index contributed by atoms with van der Waals surface area (Å²) in [6.07, 6.45) is 0. The lowest BCUT2D eigenvalue weighted by molar-refractivity contribution is 0.440. The molecular weight excluding hydrogens is 633 g/mol. The highest BCUT2D eigenvalue weighted by Gasteiger charge is 2.51. The van der Waals surface area contributed by atoms with Crippen molar-refractivity contribution < 1.29 is 4.74 Å². The molecule has 0 saturated heterocycles. The van der Waals surface area contributed by atoms with E-state index in [0.29, 0.717) is 0 Å². The normalized spacial score (nSPS) is 13.3. The predicted molar refractivity (Wildman–Crippen MR) is 213 cm³/mol. The van der Waals surface area contributed by atoms with Crippen LogP contribution in [0.25, 0.3) is 38.6 Å². The van der Waals surface area contributed by atoms with Crippen LogP contribution in [0, 0.1) is 0 Å². The molecule has 11 rings (SSSR count). The Kier molecular flexibility index (Phi) is 6.17. The highest BCUT2D eigenvalue weighted by molar-refractivity contribution is 6.13. The summed E-state index contributed by atoms with van der Waals surface area (Å²) in [5.74, 6) is 1.78. The molecular formula is C49H32N2O. The first-order valence-electron chi connectivity index (χ1n) is 17.9. The topological polar surface area (TPSA) is 17.4 Å². The van der Waals surface area contributed by atoms with E-state index in [0.717, 1.165) is 56.2 Å². The number of fused-ring (bicyclic) bond motifs is 13. The zero-order valence-electron chi connectivity index (χ0n) is 28.3. The van der Waals surface area contributed by atoms with E-state index < -0.39 is 5.41 Å². The molecule has 3 nitrogen and oxygen atoms in total. The molecule has 2 heterocycles. The number of nitrogens with zero attached hydrogens (tertiary/aromatic N) is 2. The van der Waals surface area contributed by atoms with Crippen LogP contribution in [0.1, 0.15) is 22.3 Å². The van der Waals surface area contributed by atoms with Crippen molar-refractivity contribution >= 4 is 38.9 Å². The Labute approximate surface area is 302 Å². The van der Waals surface area contributed by atoms with Gasteiger partial charge < -0.3 is 14.2 Å². The Morgan fingerprint density at radius 1 is 0.423 bits per heavy atom. The molecule has 1 spiro atoms. The fraction of sp³-hybridized carbons (Fsp3) is 0.0204. The highest BCUT2D eigenvalue weighted by atomic mass is 16.5. The Bertz CT molecular complexity index is 2740. The summed E-state index contributed by atoms with van der Waals surface area (Å²) in [5.41, 5.74) is 13.5. The third kappa shape index (κ3) is 3.91. The molecule has 1 aliphatic carbocycles. The van der Waals surface area contributed by atoms with Gasteiger partial charge in [0.05, 0.1) is 16.4 Å². The van der Waals surface area contributed by atoms with E-state index in [1.807, 2.05) is 0 Å². The fourth-order valence-electron chi connectivity index (χ4n) is 8.99. The quantitative estimate of drug-likeness (QED) is 0.186. The van der Waals surface area contributed by atoms with Crippen LogP contribution in [-0.2, 0) is 5.41 Å². The standard InChI is InChI=1S/C49H32N2O/c1-4-16-33(17-5-1)50(34-18-6-2-7-19-34)36-28-31-45-40(32-36)39-29-30-44-48(47(39)51(45)35-20-8-3-9-21-35)52-46-27-15-14-26-43(46)49(44)41-24-12-10-22-37(41)38-23-11-13-25-42(38)49/h1-32H. The van der Waals surface area contributed by atoms with Crippen LogP contribution in [0.15, 0.2) is 194 Å². The van der Waals surface area contributed by atoms with Crippen molar-refractivity contribution in [1.29, 1.82) is 0 Å². The number of para-hydroxylation sites is 4. The van der Waals surface area contributed by atoms with Gasteiger partial charge in [-0.2, -0.15) is 0 Å². The van der Waals surface area contributed by atoms with Gasteiger partial charge in [-0.3, -0.25) is 0 Å². The SMILES string of the molecule is c1ccc(N(c2ccccc2)c2ccc3c(c2)c2ccc4c(c2n3-c2ccccc2)Oc2ccccc2C42c3ccccc3-c3ccccc32)cc1. The van der Waals surface area contributed by atoms with E-state index in [1.165, 1.54) is 33.2 Å². The van der Waals surface area contributed by atoms with Crippen LogP contribution in [0.4, 0.5) is 17.1 Å². The van der Waals surface area contributed by atoms with Crippen molar-refractivity contribution in [2.24, 2.45) is 0 Å². The molecule has 2 aliphatic rings. The monoisotopic (exact) mass is 664 g/mol. The molecule has 244 valence electrons. The van der Waals surface area contributed by atoms with Gasteiger partial charge in [-0.25, -0.2) is 0 Å². The molecule has 3 heteroatoms. The second kappa shape index (κ2) is 11.1. The molecule has 0 saturated carbocycles. The minimum absolute atomic E-state index is 0.536. The van der Waals surface area contributed by atoms with Gasteiger partial charge in [-0.1, -0.05) is 133 Å². The predicted octanol–water partition coefficient (Wildman–Crippen LogP) is 12.7. The van der Waals surface area contributed by atoms with Crippen LogP contribution in [0.5, 0.6) is 11.5 Å². The largest absolute Gasteiger partial charge is 0.454 e. The number of hydrogen-bond donors (Lipinski definition) is 0. The summed E-state index contributed by atoms with van der Waals surface area (Å²) < 4.78 is 9.58. The average molecular weight is 665 g/mol. The van der Waals surface area contributed by atoms with Crippen molar-refractivity contribution in [3.63, 3.8) is 0 Å². The van der Waals surface area contributed by atoms with Crippen molar-refractivity contribution in [3.05, 3.63) is 216 Å². The molecule has 1 aliphatic heterocycles. The van der Waals surface area contributed by atoms with Crippen LogP contribution in [0.3, 0.4) is 0 Å². The van der Waals surface area contributed by atoms with Gasteiger partial charge in [0.15, 0.2) is 5.75 Å². The highest BCUT2D eigenvalue weighted by Crippen LogP contribution is 2.63. The molecule has 0 radical (unpaired) electrons. The van der Waals surface area contributed by atoms with Crippen LogP contribution in [0.2, 0.25) is 0 Å². The van der Waals surface area contributed by atoms with Crippen LogP contribution >= 0.6 is 0 Å². The molecule has 1 aromatic heterocycles. The summed E-state index contributed by atoms with van der Waals surface area (Å²) in [6.45, 7) is 0. The van der Waals surface area contributed by atoms with Crippen molar-refractivity contribution in [2.45, 2.75) is 5.41 Å². The third-order valence-electron chi connectivity index (χ3n) is 11.0. The van der Waals surface area contributed by atoms with E-state index in [4.69, 9.17) is 4.74 Å². The minimum Gasteiger partial charge on any atom is -0.454 e. The molecule has 0 unspecified atom stereocenters. The van der Waals surface area contributed by atoms with Crippen molar-refractivity contribution in [3.8, 4) is 28.3 Å².